The second-order valence-electron chi connectivity index (χ2n) is 5.24. The summed E-state index contributed by atoms with van der Waals surface area (Å²) >= 11 is 0. The molecule has 23 heavy (non-hydrogen) atoms. The molecular formula is C18H15N3O2. The van der Waals surface area contributed by atoms with Crippen LogP contribution in [0.5, 0.6) is 0 Å². The topological polar surface area (TPSA) is 75.1 Å². The van der Waals surface area contributed by atoms with E-state index in [0.29, 0.717) is 5.82 Å². The van der Waals surface area contributed by atoms with Gasteiger partial charge in [-0.15, -0.1) is 0 Å². The third kappa shape index (κ3) is 3.36. The number of pyridine rings is 2. The number of nitrogens with one attached hydrogen (secondary N) is 1. The van der Waals surface area contributed by atoms with E-state index in [2.05, 4.69) is 15.3 Å². The van der Waals surface area contributed by atoms with E-state index >= 15 is 0 Å². The molecule has 114 valence electrons. The first kappa shape index (κ1) is 14.8. The quantitative estimate of drug-likeness (QED) is 0.570. The lowest BCUT2D eigenvalue weighted by Gasteiger charge is -2.09. The molecule has 0 saturated heterocycles. The fraction of sp³-hybridized carbons (Fsp3) is 0.111. The summed E-state index contributed by atoms with van der Waals surface area (Å²) in [5.74, 6) is 2.49. The van der Waals surface area contributed by atoms with Gasteiger partial charge < -0.3 is 10.4 Å². The van der Waals surface area contributed by atoms with Gasteiger partial charge in [0, 0.05) is 18.0 Å². The fourth-order valence-corrected chi connectivity index (χ4v) is 2.38. The Bertz CT molecular complexity index is 898. The van der Waals surface area contributed by atoms with E-state index in [1.165, 1.54) is 5.94 Å². The summed E-state index contributed by atoms with van der Waals surface area (Å²) in [6.07, 6.45) is 1.73. The highest BCUT2D eigenvalue weighted by molar-refractivity contribution is 5.84. The van der Waals surface area contributed by atoms with Crippen LogP contribution in [0, 0.1) is 6.92 Å². The molecule has 2 heterocycles. The van der Waals surface area contributed by atoms with Gasteiger partial charge in [0.2, 0.25) is 0 Å². The molecule has 3 rings (SSSR count). The monoisotopic (exact) mass is 305 g/mol. The van der Waals surface area contributed by atoms with Gasteiger partial charge in [-0.2, -0.15) is 0 Å². The lowest BCUT2D eigenvalue weighted by atomic mass is 10.1. The van der Waals surface area contributed by atoms with Crippen LogP contribution in [-0.2, 0) is 11.2 Å². The number of aryl methyl sites for hydroxylation is 1. The standard InChI is InChI=1S/C18H15N3O2/c1-12-8-18(20-16-5-3-2-4-15(12)16)21-17-7-6-13(10-19-17)9-14(23)11-22/h2-8,10,23H,9H2,1H3,(H,19,20,21). The largest absolute Gasteiger partial charge is 0.502 e. The zero-order valence-electron chi connectivity index (χ0n) is 12.6. The Kier molecular flexibility index (Phi) is 4.04. The van der Waals surface area contributed by atoms with Gasteiger partial charge in [-0.05, 0) is 36.2 Å². The molecule has 0 atom stereocenters. The van der Waals surface area contributed by atoms with E-state index in [0.717, 1.165) is 27.8 Å². The van der Waals surface area contributed by atoms with Gasteiger partial charge in [0.25, 0.3) is 0 Å². The number of hydrogen-bond acceptors (Lipinski definition) is 5. The van der Waals surface area contributed by atoms with Gasteiger partial charge in [-0.3, -0.25) is 0 Å². The summed E-state index contributed by atoms with van der Waals surface area (Å²) in [5, 5.41) is 13.5. The highest BCUT2D eigenvalue weighted by Crippen LogP contribution is 2.21. The molecule has 3 aromatic rings. The third-order valence-corrected chi connectivity index (χ3v) is 3.49. The maximum atomic E-state index is 10.3. The van der Waals surface area contributed by atoms with Crippen LogP contribution in [0.1, 0.15) is 11.1 Å². The molecule has 0 aliphatic carbocycles. The minimum Gasteiger partial charge on any atom is -0.502 e. The van der Waals surface area contributed by atoms with Gasteiger partial charge in [0.15, 0.2) is 11.7 Å². The first-order chi connectivity index (χ1) is 11.2. The summed E-state index contributed by atoms with van der Waals surface area (Å²) in [6.45, 7) is 2.04. The summed E-state index contributed by atoms with van der Waals surface area (Å²) in [6, 6.07) is 13.5. The van der Waals surface area contributed by atoms with Crippen molar-refractivity contribution < 1.29 is 9.90 Å². The molecule has 5 nitrogen and oxygen atoms in total. The Balaban J connectivity index is 1.83. The van der Waals surface area contributed by atoms with Crippen LogP contribution in [0.2, 0.25) is 0 Å². The third-order valence-electron chi connectivity index (χ3n) is 3.49. The molecule has 0 amide bonds. The second-order valence-corrected chi connectivity index (χ2v) is 5.24. The number of aliphatic hydroxyl groups excluding tert-OH is 1. The van der Waals surface area contributed by atoms with E-state index in [4.69, 9.17) is 0 Å². The SMILES string of the molecule is Cc1cc(Nc2ccc(CC(O)=C=O)cn2)nc2ccccc12. The number of nitrogens with zero attached hydrogens (tertiary/aromatic N) is 2. The van der Waals surface area contributed by atoms with Gasteiger partial charge in [-0.25, -0.2) is 14.8 Å². The number of aliphatic hydroxyl groups is 1. The molecule has 1 aromatic carbocycles. The molecule has 2 N–H and O–H groups in total. The van der Waals surface area contributed by atoms with Crippen molar-refractivity contribution in [1.29, 1.82) is 0 Å². The van der Waals surface area contributed by atoms with Crippen LogP contribution in [0.15, 0.2) is 54.4 Å². The summed E-state index contributed by atoms with van der Waals surface area (Å²) in [5.41, 5.74) is 2.79. The average Bonchev–Trinajstić information content (AvgIpc) is 2.56. The van der Waals surface area contributed by atoms with E-state index in [1.54, 1.807) is 18.3 Å². The van der Waals surface area contributed by atoms with E-state index in [9.17, 15) is 9.90 Å². The molecule has 0 bridgehead atoms. The first-order valence-electron chi connectivity index (χ1n) is 7.17. The summed E-state index contributed by atoms with van der Waals surface area (Å²) in [4.78, 5) is 19.1. The van der Waals surface area contributed by atoms with E-state index in [1.807, 2.05) is 37.3 Å². The molecule has 0 spiro atoms. The molecular weight excluding hydrogens is 290 g/mol. The predicted octanol–water partition coefficient (Wildman–Crippen LogP) is 3.50. The van der Waals surface area contributed by atoms with Crippen LogP contribution in [-0.4, -0.2) is 21.0 Å². The minimum atomic E-state index is -0.334. The van der Waals surface area contributed by atoms with E-state index < -0.39 is 0 Å². The lowest BCUT2D eigenvalue weighted by Crippen LogP contribution is -1.98. The number of benzene rings is 1. The molecule has 0 fully saturated rings. The molecule has 2 aromatic heterocycles. The number of fused-ring (bicyclic) bond motifs is 1. The number of allylic oxidation sites excluding steroid dienone is 1. The van der Waals surface area contributed by atoms with Crippen molar-refractivity contribution >= 4 is 28.5 Å². The Morgan fingerprint density at radius 3 is 2.78 bits per heavy atom. The van der Waals surface area contributed by atoms with Crippen molar-refractivity contribution in [3.8, 4) is 0 Å². The summed E-state index contributed by atoms with van der Waals surface area (Å²) in [7, 11) is 0. The van der Waals surface area contributed by atoms with Gasteiger partial charge in [-0.1, -0.05) is 24.3 Å². The van der Waals surface area contributed by atoms with Crippen molar-refractivity contribution in [3.63, 3.8) is 0 Å². The number of para-hydroxylation sites is 1. The number of rotatable bonds is 4. The number of carbonyl (C=O) groups excluding carboxylic acids is 1. The molecule has 0 aliphatic rings. The minimum absolute atomic E-state index is 0.129. The molecule has 0 radical (unpaired) electrons. The maximum absolute atomic E-state index is 10.3. The smallest absolute Gasteiger partial charge is 0.181 e. The zero-order valence-corrected chi connectivity index (χ0v) is 12.6. The van der Waals surface area contributed by atoms with Crippen LogP contribution >= 0.6 is 0 Å². The van der Waals surface area contributed by atoms with Crippen molar-refractivity contribution in [1.82, 2.24) is 9.97 Å². The van der Waals surface area contributed by atoms with Crippen molar-refractivity contribution in [2.45, 2.75) is 13.3 Å². The first-order valence-corrected chi connectivity index (χ1v) is 7.17. The highest BCUT2D eigenvalue weighted by Gasteiger charge is 2.04. The molecule has 0 unspecified atom stereocenters. The molecule has 5 heteroatoms. The zero-order chi connectivity index (χ0) is 16.2. The maximum Gasteiger partial charge on any atom is 0.181 e. The normalized spacial score (nSPS) is 10.3. The average molecular weight is 305 g/mol. The lowest BCUT2D eigenvalue weighted by molar-refractivity contribution is 0.399. The van der Waals surface area contributed by atoms with E-state index in [-0.39, 0.29) is 12.2 Å². The van der Waals surface area contributed by atoms with Crippen LogP contribution in [0.4, 0.5) is 11.6 Å². The fourth-order valence-electron chi connectivity index (χ4n) is 2.38. The number of aromatic nitrogens is 2. The Hall–Kier alpha value is -3.17. The van der Waals surface area contributed by atoms with Gasteiger partial charge in [0.1, 0.15) is 11.6 Å². The van der Waals surface area contributed by atoms with Crippen molar-refractivity contribution in [3.05, 3.63) is 65.5 Å². The molecule has 0 aliphatic heterocycles. The molecule has 0 saturated carbocycles. The Labute approximate surface area is 133 Å². The predicted molar refractivity (Wildman–Crippen MR) is 89.5 cm³/mol. The number of anilines is 2. The highest BCUT2D eigenvalue weighted by atomic mass is 16.3. The van der Waals surface area contributed by atoms with Crippen LogP contribution in [0.25, 0.3) is 10.9 Å². The van der Waals surface area contributed by atoms with Crippen LogP contribution < -0.4 is 5.32 Å². The van der Waals surface area contributed by atoms with Crippen molar-refractivity contribution in [2.24, 2.45) is 0 Å². The Morgan fingerprint density at radius 2 is 2.04 bits per heavy atom. The van der Waals surface area contributed by atoms with Gasteiger partial charge >= 0.3 is 0 Å². The van der Waals surface area contributed by atoms with Crippen molar-refractivity contribution in [2.75, 3.05) is 5.32 Å². The Morgan fingerprint density at radius 1 is 1.22 bits per heavy atom. The van der Waals surface area contributed by atoms with Crippen LogP contribution in [0.3, 0.4) is 0 Å². The number of hydrogen-bond donors (Lipinski definition) is 2. The van der Waals surface area contributed by atoms with Gasteiger partial charge in [0.05, 0.1) is 5.52 Å². The second kappa shape index (κ2) is 6.30. The summed E-state index contributed by atoms with van der Waals surface area (Å²) < 4.78 is 0.